The maximum atomic E-state index is 13.6. The monoisotopic (exact) mass is 1150 g/mol. The maximum Gasteiger partial charge on any atom is 0.472 e. The predicted octanol–water partition coefficient (Wildman–Crippen LogP) is 21.3. The molecule has 0 saturated heterocycles. The minimum absolute atomic E-state index is 0.0367. The van der Waals surface area contributed by atoms with Crippen LogP contribution in [-0.2, 0) is 27.9 Å². The van der Waals surface area contributed by atoms with Gasteiger partial charge in [0.25, 0.3) is 0 Å². The molecule has 10 heteroatoms. The van der Waals surface area contributed by atoms with E-state index in [9.17, 15) is 19.0 Å². The largest absolute Gasteiger partial charge is 0.472 e. The van der Waals surface area contributed by atoms with E-state index in [0.29, 0.717) is 17.4 Å². The number of phosphoric acid groups is 1. The summed E-state index contributed by atoms with van der Waals surface area (Å²) in [5, 5.41) is 3.06. The van der Waals surface area contributed by atoms with Crippen molar-refractivity contribution in [3.8, 4) is 0 Å². The number of nitrogens with one attached hydrogen (secondary N) is 1. The molecule has 0 aliphatic rings. The lowest BCUT2D eigenvalue weighted by Crippen LogP contribution is -2.47. The van der Waals surface area contributed by atoms with E-state index in [2.05, 4.69) is 99.0 Å². The van der Waals surface area contributed by atoms with Crippen molar-refractivity contribution < 1.29 is 37.3 Å². The molecule has 0 aromatic rings. The molecule has 1 amide bonds. The van der Waals surface area contributed by atoms with Crippen LogP contribution >= 0.6 is 7.82 Å². The van der Waals surface area contributed by atoms with Crippen LogP contribution in [0.5, 0.6) is 0 Å². The fourth-order valence-electron chi connectivity index (χ4n) is 9.61. The smallest absolute Gasteiger partial charge is 0.456 e. The van der Waals surface area contributed by atoms with Gasteiger partial charge in [0.2, 0.25) is 5.91 Å². The molecule has 0 fully saturated rings. The zero-order chi connectivity index (χ0) is 59.3. The van der Waals surface area contributed by atoms with Crippen molar-refractivity contribution in [2.45, 2.75) is 315 Å². The Morgan fingerprint density at radius 1 is 0.444 bits per heavy atom. The van der Waals surface area contributed by atoms with Gasteiger partial charge in [0, 0.05) is 12.8 Å². The summed E-state index contributed by atoms with van der Waals surface area (Å²) >= 11 is 0. The van der Waals surface area contributed by atoms with Gasteiger partial charge in [-0.05, 0) is 102 Å². The van der Waals surface area contributed by atoms with Crippen LogP contribution in [-0.4, -0.2) is 74.3 Å². The molecule has 81 heavy (non-hydrogen) atoms. The van der Waals surface area contributed by atoms with Crippen molar-refractivity contribution in [1.82, 2.24) is 5.32 Å². The van der Waals surface area contributed by atoms with E-state index in [1.165, 1.54) is 173 Å². The lowest BCUT2D eigenvalue weighted by atomic mass is 10.0. The Hall–Kier alpha value is -2.81. The van der Waals surface area contributed by atoms with Crippen molar-refractivity contribution in [3.05, 3.63) is 85.1 Å². The minimum atomic E-state index is -4.45. The van der Waals surface area contributed by atoms with Crippen LogP contribution < -0.4 is 5.32 Å². The zero-order valence-electron chi connectivity index (χ0n) is 53.8. The van der Waals surface area contributed by atoms with Crippen LogP contribution in [0.1, 0.15) is 303 Å². The Labute approximate surface area is 501 Å². The average Bonchev–Trinajstić information content (AvgIpc) is 3.43. The van der Waals surface area contributed by atoms with Gasteiger partial charge < -0.3 is 19.4 Å². The van der Waals surface area contributed by atoms with Gasteiger partial charge in [-0.3, -0.25) is 18.6 Å². The van der Waals surface area contributed by atoms with Crippen molar-refractivity contribution in [2.24, 2.45) is 0 Å². The first-order valence-electron chi connectivity index (χ1n) is 33.9. The SMILES string of the molecule is CC/C=C\C/C=C\C/C=C\C/C=C\C/C=C\CCCCCCCCCCCCCC(=O)NC(COP(=O)(O)OCC[N+](C)(C)C)C(/C=C\CCCCCCCCCCC)OC(=O)CCCCCCCCC/C=C/CCCCCCCC. The molecule has 2 N–H and O–H groups in total. The molecule has 0 radical (unpaired) electrons. The van der Waals surface area contributed by atoms with Crippen molar-refractivity contribution >= 4 is 19.7 Å². The van der Waals surface area contributed by atoms with Gasteiger partial charge in [-0.25, -0.2) is 4.57 Å². The van der Waals surface area contributed by atoms with E-state index in [1.807, 2.05) is 33.3 Å². The van der Waals surface area contributed by atoms with E-state index in [0.717, 1.165) is 96.3 Å². The fraction of sp³-hybridized carbons (Fsp3) is 0.775. The molecule has 0 bridgehead atoms. The molecule has 0 aliphatic heterocycles. The molecule has 9 nitrogen and oxygen atoms in total. The number of esters is 1. The number of carbonyl (C=O) groups excluding carboxylic acids is 2. The van der Waals surface area contributed by atoms with E-state index >= 15 is 0 Å². The third kappa shape index (κ3) is 61.6. The van der Waals surface area contributed by atoms with Gasteiger partial charge in [0.05, 0.1) is 33.8 Å². The summed E-state index contributed by atoms with van der Waals surface area (Å²) < 4.78 is 30.8. The second-order valence-corrected chi connectivity index (χ2v) is 25.4. The molecule has 0 rings (SSSR count). The minimum Gasteiger partial charge on any atom is -0.456 e. The van der Waals surface area contributed by atoms with E-state index in [4.69, 9.17) is 13.8 Å². The molecule has 0 aliphatic carbocycles. The third-order valence-electron chi connectivity index (χ3n) is 14.8. The first-order chi connectivity index (χ1) is 39.4. The highest BCUT2D eigenvalue weighted by atomic mass is 31.2. The summed E-state index contributed by atoms with van der Waals surface area (Å²) in [4.78, 5) is 37.8. The topological polar surface area (TPSA) is 111 Å². The van der Waals surface area contributed by atoms with Crippen LogP contribution in [0, 0.1) is 0 Å². The molecular weight excluding hydrogens is 1020 g/mol. The van der Waals surface area contributed by atoms with Gasteiger partial charge in [0.15, 0.2) is 0 Å². The summed E-state index contributed by atoms with van der Waals surface area (Å²) in [6, 6.07) is -0.855. The normalized spacial score (nSPS) is 14.1. The summed E-state index contributed by atoms with van der Waals surface area (Å²) in [5.41, 5.74) is 0. The first kappa shape index (κ1) is 78.2. The van der Waals surface area contributed by atoms with Crippen LogP contribution in [0.4, 0.5) is 0 Å². The number of carbonyl (C=O) groups is 2. The summed E-state index contributed by atoms with van der Waals surface area (Å²) in [7, 11) is 1.49. The molecule has 0 aromatic heterocycles. The second kappa shape index (κ2) is 60.3. The van der Waals surface area contributed by atoms with Crippen LogP contribution in [0.25, 0.3) is 0 Å². The number of amides is 1. The highest BCUT2D eigenvalue weighted by Crippen LogP contribution is 2.43. The number of phosphoric ester groups is 1. The number of hydrogen-bond donors (Lipinski definition) is 2. The quantitative estimate of drug-likeness (QED) is 0.0205. The molecule has 3 unspecified atom stereocenters. The maximum absolute atomic E-state index is 13.6. The lowest BCUT2D eigenvalue weighted by Gasteiger charge is -2.27. The van der Waals surface area contributed by atoms with Gasteiger partial charge in [-0.2, -0.15) is 0 Å². The van der Waals surface area contributed by atoms with Crippen LogP contribution in [0.2, 0.25) is 0 Å². The first-order valence-corrected chi connectivity index (χ1v) is 35.4. The molecule has 0 heterocycles. The number of unbranched alkanes of at least 4 members (excludes halogenated alkanes) is 33. The Bertz CT molecular complexity index is 1660. The second-order valence-electron chi connectivity index (χ2n) is 24.0. The predicted molar refractivity (Wildman–Crippen MR) is 351 cm³/mol. The van der Waals surface area contributed by atoms with Crippen molar-refractivity contribution in [3.63, 3.8) is 0 Å². The van der Waals surface area contributed by atoms with E-state index in [-0.39, 0.29) is 31.5 Å². The van der Waals surface area contributed by atoms with Gasteiger partial charge in [0.1, 0.15) is 19.3 Å². The Morgan fingerprint density at radius 3 is 1.20 bits per heavy atom. The molecule has 0 saturated carbocycles. The number of rotatable bonds is 61. The van der Waals surface area contributed by atoms with Crippen molar-refractivity contribution in [2.75, 3.05) is 40.9 Å². The Morgan fingerprint density at radius 2 is 0.790 bits per heavy atom. The molecule has 3 atom stereocenters. The molecule has 0 spiro atoms. The lowest BCUT2D eigenvalue weighted by molar-refractivity contribution is -0.870. The average molecular weight is 1150 g/mol. The number of allylic oxidation sites excluding steroid dienone is 13. The van der Waals surface area contributed by atoms with Gasteiger partial charge in [-0.15, -0.1) is 0 Å². The van der Waals surface area contributed by atoms with E-state index < -0.39 is 20.0 Å². The number of likely N-dealkylation sites (N-methyl/N-ethyl adjacent to an activating group) is 1. The molecule has 0 aromatic carbocycles. The van der Waals surface area contributed by atoms with Gasteiger partial charge >= 0.3 is 13.8 Å². The summed E-state index contributed by atoms with van der Waals surface area (Å²) in [6.07, 6.45) is 80.2. The van der Waals surface area contributed by atoms with Crippen molar-refractivity contribution in [1.29, 1.82) is 0 Å². The highest BCUT2D eigenvalue weighted by Gasteiger charge is 2.30. The Balaban J connectivity index is 5.05. The Kier molecular flexibility index (Phi) is 58.2. The van der Waals surface area contributed by atoms with Crippen LogP contribution in [0.15, 0.2) is 85.1 Å². The molecule has 470 valence electrons. The number of hydrogen-bond acceptors (Lipinski definition) is 6. The third-order valence-corrected chi connectivity index (χ3v) is 15.8. The zero-order valence-corrected chi connectivity index (χ0v) is 54.7. The van der Waals surface area contributed by atoms with E-state index in [1.54, 1.807) is 0 Å². The highest BCUT2D eigenvalue weighted by molar-refractivity contribution is 7.47. The molecular formula is C71H130N2O7P+. The van der Waals surface area contributed by atoms with Gasteiger partial charge in [-0.1, -0.05) is 273 Å². The number of quaternary nitrogens is 1. The summed E-state index contributed by atoms with van der Waals surface area (Å²) in [6.45, 7) is 6.90. The standard InChI is InChI=1S/C71H129N2O7P/c1-7-10-13-16-19-22-25-27-29-31-32-33-34-35-36-37-38-39-40-42-43-45-48-51-54-57-60-63-70(74)72-68(67-79-81(76,77)78-66-65-73(4,5)6)69(62-59-56-53-50-47-24-21-18-15-12-9-3)80-71(75)64-61-58-55-52-49-46-44-41-30-28-26-23-20-17-14-11-8-2/h10,13,19,22,27-30,32-33,35-36,59,62,68-69H,7-9,11-12,14-18,20-21,23-26,31,34,37-58,60-61,63-67H2,1-6H3,(H-,72,74,76,77)/p+1/b13-10-,22-19-,29-27-,30-28+,33-32-,36-35-,62-59-. The summed E-state index contributed by atoms with van der Waals surface area (Å²) in [5.74, 6) is -0.510. The number of ether oxygens (including phenoxy) is 1. The number of nitrogens with zero attached hydrogens (tertiary/aromatic N) is 1. The fourth-order valence-corrected chi connectivity index (χ4v) is 10.3. The van der Waals surface area contributed by atoms with Crippen LogP contribution in [0.3, 0.4) is 0 Å².